The summed E-state index contributed by atoms with van der Waals surface area (Å²) in [6.45, 7) is 5.49. The van der Waals surface area contributed by atoms with Crippen LogP contribution in [-0.4, -0.2) is 31.3 Å². The SMILES string of the molecule is CCOC(=O)/C(C#N)=C1/c2ccccc2S(=O)(=O)N1C(CC)CC. The van der Waals surface area contributed by atoms with Crippen LogP contribution in [0, 0.1) is 11.3 Å². The second kappa shape index (κ2) is 7.05. The number of sulfonamides is 1. The predicted molar refractivity (Wildman–Crippen MR) is 89.0 cm³/mol. The molecular formula is C17H20N2O4S. The summed E-state index contributed by atoms with van der Waals surface area (Å²) in [5.74, 6) is -0.808. The van der Waals surface area contributed by atoms with E-state index in [-0.39, 0.29) is 28.8 Å². The highest BCUT2D eigenvalue weighted by Gasteiger charge is 2.43. The van der Waals surface area contributed by atoms with Crippen LogP contribution in [0.25, 0.3) is 5.70 Å². The first-order valence-electron chi connectivity index (χ1n) is 7.89. The molecule has 0 bridgehead atoms. The van der Waals surface area contributed by atoms with Crippen LogP contribution in [-0.2, 0) is 19.6 Å². The van der Waals surface area contributed by atoms with E-state index in [0.717, 1.165) is 0 Å². The molecule has 0 saturated heterocycles. The van der Waals surface area contributed by atoms with Crippen molar-refractivity contribution in [1.29, 1.82) is 5.26 Å². The van der Waals surface area contributed by atoms with Crippen LogP contribution in [0.2, 0.25) is 0 Å². The van der Waals surface area contributed by atoms with E-state index in [0.29, 0.717) is 18.4 Å². The fraction of sp³-hybridized carbons (Fsp3) is 0.412. The molecule has 0 amide bonds. The first-order chi connectivity index (χ1) is 11.4. The van der Waals surface area contributed by atoms with Gasteiger partial charge in [0.2, 0.25) is 0 Å². The van der Waals surface area contributed by atoms with Crippen molar-refractivity contribution in [2.24, 2.45) is 0 Å². The molecule has 1 aliphatic heterocycles. The summed E-state index contributed by atoms with van der Waals surface area (Å²) in [6, 6.07) is 7.92. The molecular weight excluding hydrogens is 328 g/mol. The molecule has 24 heavy (non-hydrogen) atoms. The average molecular weight is 348 g/mol. The molecule has 0 aliphatic carbocycles. The van der Waals surface area contributed by atoms with Crippen molar-refractivity contribution in [3.05, 3.63) is 35.4 Å². The number of ether oxygens (including phenoxy) is 1. The van der Waals surface area contributed by atoms with Crippen molar-refractivity contribution >= 4 is 21.7 Å². The van der Waals surface area contributed by atoms with Gasteiger partial charge in [-0.2, -0.15) is 5.26 Å². The van der Waals surface area contributed by atoms with Crippen molar-refractivity contribution in [1.82, 2.24) is 4.31 Å². The number of nitrogens with zero attached hydrogens (tertiary/aromatic N) is 2. The molecule has 0 atom stereocenters. The van der Waals surface area contributed by atoms with E-state index in [1.807, 2.05) is 19.9 Å². The number of hydrogen-bond donors (Lipinski definition) is 0. The van der Waals surface area contributed by atoms with E-state index in [9.17, 15) is 18.5 Å². The monoisotopic (exact) mass is 348 g/mol. The van der Waals surface area contributed by atoms with Crippen LogP contribution in [0.3, 0.4) is 0 Å². The van der Waals surface area contributed by atoms with E-state index in [2.05, 4.69) is 0 Å². The third-order valence-electron chi connectivity index (χ3n) is 4.00. The molecule has 0 N–H and O–H groups in total. The topological polar surface area (TPSA) is 87.5 Å². The minimum Gasteiger partial charge on any atom is -0.462 e. The minimum absolute atomic E-state index is 0.108. The standard InChI is InChI=1S/C17H20N2O4S/c1-4-12(5-2)19-16(14(11-18)17(20)23-6-3)13-9-7-8-10-15(13)24(19,21)22/h7-10,12H,4-6H2,1-3H3/b16-14-. The van der Waals surface area contributed by atoms with Crippen LogP contribution >= 0.6 is 0 Å². The van der Waals surface area contributed by atoms with Gasteiger partial charge in [0.05, 0.1) is 17.2 Å². The summed E-state index contributed by atoms with van der Waals surface area (Å²) in [4.78, 5) is 12.3. The molecule has 1 aromatic rings. The Morgan fingerprint density at radius 3 is 2.42 bits per heavy atom. The molecule has 0 fully saturated rings. The smallest absolute Gasteiger partial charge is 0.351 e. The number of carbonyl (C=O) groups is 1. The molecule has 7 heteroatoms. The lowest BCUT2D eigenvalue weighted by Gasteiger charge is -2.28. The molecule has 0 radical (unpaired) electrons. The Morgan fingerprint density at radius 2 is 1.88 bits per heavy atom. The number of carbonyl (C=O) groups excluding carboxylic acids is 1. The van der Waals surface area contributed by atoms with Crippen LogP contribution < -0.4 is 0 Å². The number of hydrogen-bond acceptors (Lipinski definition) is 5. The van der Waals surface area contributed by atoms with Crippen molar-refractivity contribution in [3.63, 3.8) is 0 Å². The average Bonchev–Trinajstić information content (AvgIpc) is 2.79. The fourth-order valence-electron chi connectivity index (χ4n) is 2.87. The van der Waals surface area contributed by atoms with Gasteiger partial charge < -0.3 is 4.74 Å². The lowest BCUT2D eigenvalue weighted by molar-refractivity contribution is -0.137. The molecule has 1 aromatic carbocycles. The molecule has 0 spiro atoms. The summed E-state index contributed by atoms with van der Waals surface area (Å²) in [6.07, 6.45) is 1.13. The highest BCUT2D eigenvalue weighted by molar-refractivity contribution is 7.90. The molecule has 0 saturated carbocycles. The zero-order chi connectivity index (χ0) is 17.9. The molecule has 0 unspecified atom stereocenters. The second-order valence-electron chi connectivity index (χ2n) is 5.32. The lowest BCUT2D eigenvalue weighted by Crippen LogP contribution is -2.35. The molecule has 128 valence electrons. The van der Waals surface area contributed by atoms with Crippen LogP contribution in [0.5, 0.6) is 0 Å². The van der Waals surface area contributed by atoms with E-state index in [1.165, 1.54) is 10.4 Å². The van der Waals surface area contributed by atoms with Gasteiger partial charge in [0.15, 0.2) is 5.57 Å². The first kappa shape index (κ1) is 18.0. The maximum Gasteiger partial charge on any atom is 0.351 e. The van der Waals surface area contributed by atoms with Gasteiger partial charge in [0, 0.05) is 11.6 Å². The van der Waals surface area contributed by atoms with Gasteiger partial charge in [-0.25, -0.2) is 13.2 Å². The fourth-order valence-corrected chi connectivity index (χ4v) is 4.90. The number of esters is 1. The molecule has 1 heterocycles. The van der Waals surface area contributed by atoms with Crippen molar-refractivity contribution in [2.45, 2.75) is 44.6 Å². The third-order valence-corrected chi connectivity index (χ3v) is 5.91. The Balaban J connectivity index is 2.83. The Hall–Kier alpha value is -2.33. The van der Waals surface area contributed by atoms with Gasteiger partial charge in [-0.3, -0.25) is 4.31 Å². The molecule has 1 aliphatic rings. The zero-order valence-electron chi connectivity index (χ0n) is 13.9. The van der Waals surface area contributed by atoms with E-state index in [1.54, 1.807) is 25.1 Å². The van der Waals surface area contributed by atoms with Crippen LogP contribution in [0.1, 0.15) is 39.2 Å². The molecule has 0 aromatic heterocycles. The van der Waals surface area contributed by atoms with E-state index < -0.39 is 16.0 Å². The van der Waals surface area contributed by atoms with E-state index >= 15 is 0 Å². The number of fused-ring (bicyclic) bond motifs is 1. The van der Waals surface area contributed by atoms with E-state index in [4.69, 9.17) is 4.74 Å². The zero-order valence-corrected chi connectivity index (χ0v) is 14.8. The number of rotatable bonds is 5. The van der Waals surface area contributed by atoms with Crippen molar-refractivity contribution in [3.8, 4) is 6.07 Å². The van der Waals surface area contributed by atoms with Crippen LogP contribution in [0.15, 0.2) is 34.7 Å². The Labute approximate surface area is 142 Å². The van der Waals surface area contributed by atoms with Gasteiger partial charge in [0.25, 0.3) is 10.0 Å². The Bertz CT molecular complexity index is 817. The van der Waals surface area contributed by atoms with Gasteiger partial charge in [0.1, 0.15) is 6.07 Å². The highest BCUT2D eigenvalue weighted by Crippen LogP contribution is 2.43. The summed E-state index contributed by atoms with van der Waals surface area (Å²) >= 11 is 0. The lowest BCUT2D eigenvalue weighted by atomic mass is 10.0. The largest absolute Gasteiger partial charge is 0.462 e. The quantitative estimate of drug-likeness (QED) is 0.464. The van der Waals surface area contributed by atoms with Crippen molar-refractivity contribution in [2.75, 3.05) is 6.61 Å². The highest BCUT2D eigenvalue weighted by atomic mass is 32.2. The summed E-state index contributed by atoms with van der Waals surface area (Å²) in [5, 5.41) is 9.49. The normalized spacial score (nSPS) is 17.4. The summed E-state index contributed by atoms with van der Waals surface area (Å²) < 4.78 is 32.1. The van der Waals surface area contributed by atoms with Gasteiger partial charge in [-0.1, -0.05) is 32.0 Å². The second-order valence-corrected chi connectivity index (χ2v) is 7.11. The van der Waals surface area contributed by atoms with Gasteiger partial charge in [-0.15, -0.1) is 0 Å². The van der Waals surface area contributed by atoms with Crippen LogP contribution in [0.4, 0.5) is 0 Å². The number of benzene rings is 1. The van der Waals surface area contributed by atoms with Gasteiger partial charge >= 0.3 is 5.97 Å². The number of nitriles is 1. The molecule has 6 nitrogen and oxygen atoms in total. The first-order valence-corrected chi connectivity index (χ1v) is 9.33. The summed E-state index contributed by atoms with van der Waals surface area (Å²) in [5.41, 5.74) is 0.214. The minimum atomic E-state index is -3.81. The molecule has 2 rings (SSSR count). The van der Waals surface area contributed by atoms with Gasteiger partial charge in [-0.05, 0) is 25.8 Å². The summed E-state index contributed by atoms with van der Waals surface area (Å²) in [7, 11) is -3.81. The third kappa shape index (κ3) is 2.78. The Kier molecular flexibility index (Phi) is 5.30. The van der Waals surface area contributed by atoms with Crippen molar-refractivity contribution < 1.29 is 17.9 Å². The maximum atomic E-state index is 13.0. The Morgan fingerprint density at radius 1 is 1.25 bits per heavy atom. The predicted octanol–water partition coefficient (Wildman–Crippen LogP) is 2.68. The maximum absolute atomic E-state index is 13.0.